The van der Waals surface area contributed by atoms with Crippen LogP contribution in [0.15, 0.2) is 12.5 Å². The molecule has 5 heteroatoms. The number of rotatable bonds is 4. The van der Waals surface area contributed by atoms with Gasteiger partial charge in [-0.2, -0.15) is 0 Å². The summed E-state index contributed by atoms with van der Waals surface area (Å²) in [5, 5.41) is 8.70. The van der Waals surface area contributed by atoms with Crippen LogP contribution in [0, 0.1) is 0 Å². The van der Waals surface area contributed by atoms with E-state index in [4.69, 9.17) is 9.84 Å². The number of imidazole rings is 1. The monoisotopic (exact) mass is 184 g/mol. The summed E-state index contributed by atoms with van der Waals surface area (Å²) in [4.78, 5) is 14.8. The van der Waals surface area contributed by atoms with E-state index in [0.717, 1.165) is 0 Å². The topological polar surface area (TPSA) is 64.4 Å². The van der Waals surface area contributed by atoms with Gasteiger partial charge in [-0.25, -0.2) is 4.98 Å². The van der Waals surface area contributed by atoms with Crippen molar-refractivity contribution < 1.29 is 14.6 Å². The van der Waals surface area contributed by atoms with Crippen molar-refractivity contribution >= 4 is 5.97 Å². The molecule has 1 aromatic heterocycles. The van der Waals surface area contributed by atoms with E-state index in [9.17, 15) is 4.79 Å². The summed E-state index contributed by atoms with van der Waals surface area (Å²) in [6.07, 6.45) is 3.10. The molecule has 0 spiro atoms. The summed E-state index contributed by atoms with van der Waals surface area (Å²) < 4.78 is 6.31. The van der Waals surface area contributed by atoms with E-state index in [2.05, 4.69) is 4.98 Å². The van der Waals surface area contributed by atoms with Crippen LogP contribution in [0.25, 0.3) is 0 Å². The Bertz CT molecular complexity index is 283. The summed E-state index contributed by atoms with van der Waals surface area (Å²) in [5.41, 5.74) is 0.546. The molecule has 1 aromatic rings. The molecule has 0 aliphatic carbocycles. The summed E-state index contributed by atoms with van der Waals surface area (Å²) in [7, 11) is 0. The highest BCUT2D eigenvalue weighted by molar-refractivity contribution is 5.69. The Morgan fingerprint density at radius 3 is 3.08 bits per heavy atom. The first-order chi connectivity index (χ1) is 6.26. The normalized spacial score (nSPS) is 10.0. The molecule has 1 rings (SSSR count). The molecule has 0 saturated carbocycles. The van der Waals surface area contributed by atoms with Gasteiger partial charge in [0.15, 0.2) is 0 Å². The number of aliphatic hydroxyl groups is 1. The lowest BCUT2D eigenvalue weighted by molar-refractivity contribution is -0.143. The van der Waals surface area contributed by atoms with Crippen molar-refractivity contribution in [3.8, 4) is 0 Å². The number of nitrogens with zero attached hydrogens (tertiary/aromatic N) is 2. The maximum atomic E-state index is 11.0. The Morgan fingerprint density at radius 1 is 1.77 bits per heavy atom. The molecule has 0 atom stereocenters. The Kier molecular flexibility index (Phi) is 3.45. The molecule has 0 saturated heterocycles. The second kappa shape index (κ2) is 4.61. The predicted molar refractivity (Wildman–Crippen MR) is 44.8 cm³/mol. The summed E-state index contributed by atoms with van der Waals surface area (Å²) >= 11 is 0. The fourth-order valence-corrected chi connectivity index (χ4v) is 0.930. The quantitative estimate of drug-likeness (QED) is 0.666. The second-order valence-electron chi connectivity index (χ2n) is 2.50. The van der Waals surface area contributed by atoms with Crippen LogP contribution in [-0.2, 0) is 22.7 Å². The second-order valence-corrected chi connectivity index (χ2v) is 2.50. The molecule has 13 heavy (non-hydrogen) atoms. The Hall–Kier alpha value is -1.36. The first-order valence-electron chi connectivity index (χ1n) is 4.03. The molecule has 0 aromatic carbocycles. The van der Waals surface area contributed by atoms with Crippen LogP contribution >= 0.6 is 0 Å². The van der Waals surface area contributed by atoms with Crippen molar-refractivity contribution in [2.24, 2.45) is 0 Å². The number of carbonyl (C=O) groups excluding carboxylic acids is 1. The van der Waals surface area contributed by atoms with Gasteiger partial charge in [0.05, 0.1) is 25.2 Å². The van der Waals surface area contributed by atoms with E-state index in [1.807, 2.05) is 0 Å². The van der Waals surface area contributed by atoms with Crippen molar-refractivity contribution in [3.63, 3.8) is 0 Å². The number of carbonyl (C=O) groups is 1. The molecule has 0 amide bonds. The van der Waals surface area contributed by atoms with Crippen molar-refractivity contribution in [2.75, 3.05) is 6.61 Å². The van der Waals surface area contributed by atoms with E-state index in [1.54, 1.807) is 17.7 Å². The zero-order chi connectivity index (χ0) is 9.68. The van der Waals surface area contributed by atoms with Crippen LogP contribution < -0.4 is 0 Å². The average molecular weight is 184 g/mol. The maximum absolute atomic E-state index is 11.0. The number of hydrogen-bond acceptors (Lipinski definition) is 4. The Labute approximate surface area is 76.0 Å². The van der Waals surface area contributed by atoms with Gasteiger partial charge in [-0.3, -0.25) is 4.79 Å². The Balaban J connectivity index is 2.49. The third-order valence-corrected chi connectivity index (χ3v) is 1.47. The highest BCUT2D eigenvalue weighted by Gasteiger charge is 2.03. The molecule has 0 aliphatic heterocycles. The zero-order valence-electron chi connectivity index (χ0n) is 7.43. The summed E-state index contributed by atoms with van der Waals surface area (Å²) in [6.45, 7) is 2.15. The largest absolute Gasteiger partial charge is 0.465 e. The molecular formula is C8H12N2O3. The fraction of sp³-hybridized carbons (Fsp3) is 0.500. The van der Waals surface area contributed by atoms with Gasteiger partial charge in [0.25, 0.3) is 0 Å². The van der Waals surface area contributed by atoms with Gasteiger partial charge in [-0.1, -0.05) is 0 Å². The summed E-state index contributed by atoms with van der Waals surface area (Å²) in [5.74, 6) is -0.301. The van der Waals surface area contributed by atoms with Gasteiger partial charge < -0.3 is 14.4 Å². The van der Waals surface area contributed by atoms with Crippen molar-refractivity contribution in [3.05, 3.63) is 18.2 Å². The van der Waals surface area contributed by atoms with Gasteiger partial charge in [0.1, 0.15) is 6.54 Å². The van der Waals surface area contributed by atoms with Crippen LogP contribution in [-0.4, -0.2) is 27.2 Å². The minimum Gasteiger partial charge on any atom is -0.465 e. The number of ether oxygens (including phenoxy) is 1. The number of esters is 1. The van der Waals surface area contributed by atoms with E-state index in [0.29, 0.717) is 12.3 Å². The van der Waals surface area contributed by atoms with Gasteiger partial charge in [0, 0.05) is 6.20 Å². The Morgan fingerprint density at radius 2 is 2.54 bits per heavy atom. The first-order valence-corrected chi connectivity index (χ1v) is 4.03. The summed E-state index contributed by atoms with van der Waals surface area (Å²) in [6, 6.07) is 0. The number of aliphatic hydroxyl groups excluding tert-OH is 1. The average Bonchev–Trinajstić information content (AvgIpc) is 2.52. The van der Waals surface area contributed by atoms with E-state index >= 15 is 0 Å². The smallest absolute Gasteiger partial charge is 0.325 e. The molecule has 5 nitrogen and oxygen atoms in total. The van der Waals surface area contributed by atoms with Crippen molar-refractivity contribution in [1.82, 2.24) is 9.55 Å². The highest BCUT2D eigenvalue weighted by atomic mass is 16.5. The standard InChI is InChI=1S/C8H12N2O3/c1-2-13-8(12)4-10-3-7(5-11)9-6-10/h3,6,11H,2,4-5H2,1H3. The third kappa shape index (κ3) is 2.87. The van der Waals surface area contributed by atoms with E-state index in [1.165, 1.54) is 6.33 Å². The van der Waals surface area contributed by atoms with Gasteiger partial charge in [-0.05, 0) is 6.92 Å². The predicted octanol–water partition coefficient (Wildman–Crippen LogP) is -0.0615. The molecule has 0 unspecified atom stereocenters. The van der Waals surface area contributed by atoms with Gasteiger partial charge in [0.2, 0.25) is 0 Å². The van der Waals surface area contributed by atoms with Crippen LogP contribution in [0.3, 0.4) is 0 Å². The third-order valence-electron chi connectivity index (χ3n) is 1.47. The van der Waals surface area contributed by atoms with Crippen LogP contribution in [0.1, 0.15) is 12.6 Å². The van der Waals surface area contributed by atoms with E-state index < -0.39 is 0 Å². The number of hydrogen-bond donors (Lipinski definition) is 1. The molecule has 0 aliphatic rings. The zero-order valence-corrected chi connectivity index (χ0v) is 7.43. The maximum Gasteiger partial charge on any atom is 0.325 e. The lowest BCUT2D eigenvalue weighted by Crippen LogP contribution is -2.11. The van der Waals surface area contributed by atoms with Gasteiger partial charge >= 0.3 is 5.97 Å². The molecular weight excluding hydrogens is 172 g/mol. The van der Waals surface area contributed by atoms with Crippen molar-refractivity contribution in [2.45, 2.75) is 20.1 Å². The fourth-order valence-electron chi connectivity index (χ4n) is 0.930. The van der Waals surface area contributed by atoms with Gasteiger partial charge in [-0.15, -0.1) is 0 Å². The molecule has 0 fully saturated rings. The van der Waals surface area contributed by atoms with E-state index in [-0.39, 0.29) is 19.1 Å². The molecule has 1 heterocycles. The first kappa shape index (κ1) is 9.73. The molecule has 72 valence electrons. The van der Waals surface area contributed by atoms with Crippen LogP contribution in [0.2, 0.25) is 0 Å². The highest BCUT2D eigenvalue weighted by Crippen LogP contribution is 1.96. The SMILES string of the molecule is CCOC(=O)Cn1cnc(CO)c1. The minimum atomic E-state index is -0.301. The lowest BCUT2D eigenvalue weighted by atomic mass is 10.5. The molecule has 0 bridgehead atoms. The van der Waals surface area contributed by atoms with Crippen LogP contribution in [0.4, 0.5) is 0 Å². The minimum absolute atomic E-state index is 0.115. The lowest BCUT2D eigenvalue weighted by Gasteiger charge is -2.00. The number of aromatic nitrogens is 2. The molecule has 0 radical (unpaired) electrons. The van der Waals surface area contributed by atoms with Crippen molar-refractivity contribution in [1.29, 1.82) is 0 Å². The molecule has 1 N–H and O–H groups in total. The van der Waals surface area contributed by atoms with Crippen LogP contribution in [0.5, 0.6) is 0 Å².